The summed E-state index contributed by atoms with van der Waals surface area (Å²) in [5.41, 5.74) is 1.11. The average Bonchev–Trinajstić information content (AvgIpc) is 2.40. The first-order valence-corrected chi connectivity index (χ1v) is 8.41. The molecule has 0 bridgehead atoms. The summed E-state index contributed by atoms with van der Waals surface area (Å²) in [5, 5.41) is 2.89. The molecule has 0 amide bonds. The average molecular weight is 283 g/mol. The third kappa shape index (κ3) is 4.21. The predicted octanol–water partition coefficient (Wildman–Crippen LogP) is 1.54. The first-order chi connectivity index (χ1) is 9.08. The molecule has 1 unspecified atom stereocenters. The highest BCUT2D eigenvalue weighted by Crippen LogP contribution is 2.15. The molecular formula is C14H21NO3S. The van der Waals surface area contributed by atoms with Crippen LogP contribution < -0.4 is 10.1 Å². The van der Waals surface area contributed by atoms with Crippen molar-refractivity contribution in [3.05, 3.63) is 29.8 Å². The molecular weight excluding hydrogens is 262 g/mol. The van der Waals surface area contributed by atoms with E-state index in [4.69, 9.17) is 4.74 Å². The zero-order chi connectivity index (χ0) is 13.7. The Labute approximate surface area is 115 Å². The lowest BCUT2D eigenvalue weighted by atomic mass is 10.2. The molecule has 1 aromatic rings. The van der Waals surface area contributed by atoms with Gasteiger partial charge in [0.1, 0.15) is 12.4 Å². The summed E-state index contributed by atoms with van der Waals surface area (Å²) in [6, 6.07) is 7.65. The Morgan fingerprint density at radius 1 is 1.42 bits per heavy atom. The second-order valence-electron chi connectivity index (χ2n) is 5.00. The standard InChI is InChI=1S/C14H21NO3S/c1-12-4-2-5-13(10-12)18-8-9-19(16,17)14-6-3-7-15-11-14/h2,4-5,10,14-15H,3,6-9,11H2,1H3. The summed E-state index contributed by atoms with van der Waals surface area (Å²) >= 11 is 0. The molecule has 4 nitrogen and oxygen atoms in total. The van der Waals surface area contributed by atoms with Gasteiger partial charge in [-0.25, -0.2) is 8.42 Å². The van der Waals surface area contributed by atoms with Crippen molar-refractivity contribution in [2.45, 2.75) is 25.0 Å². The zero-order valence-corrected chi connectivity index (χ0v) is 12.1. The van der Waals surface area contributed by atoms with Gasteiger partial charge in [0.05, 0.1) is 11.0 Å². The second kappa shape index (κ2) is 6.39. The van der Waals surface area contributed by atoms with Gasteiger partial charge in [-0.2, -0.15) is 0 Å². The summed E-state index contributed by atoms with van der Waals surface area (Å²) in [4.78, 5) is 0. The van der Waals surface area contributed by atoms with Crippen molar-refractivity contribution >= 4 is 9.84 Å². The molecule has 1 N–H and O–H groups in total. The van der Waals surface area contributed by atoms with Crippen molar-refractivity contribution in [1.82, 2.24) is 5.32 Å². The highest BCUT2D eigenvalue weighted by atomic mass is 32.2. The molecule has 0 spiro atoms. The Morgan fingerprint density at radius 2 is 2.26 bits per heavy atom. The number of piperidine rings is 1. The van der Waals surface area contributed by atoms with E-state index in [2.05, 4.69) is 5.32 Å². The molecule has 0 saturated carbocycles. The van der Waals surface area contributed by atoms with Crippen LogP contribution in [0.3, 0.4) is 0 Å². The SMILES string of the molecule is Cc1cccc(OCCS(=O)(=O)C2CCCNC2)c1. The molecule has 1 aliphatic rings. The number of sulfone groups is 1. The minimum Gasteiger partial charge on any atom is -0.493 e. The van der Waals surface area contributed by atoms with Crippen molar-refractivity contribution in [3.8, 4) is 5.75 Å². The molecule has 1 aromatic carbocycles. The van der Waals surface area contributed by atoms with Gasteiger partial charge in [0.2, 0.25) is 0 Å². The lowest BCUT2D eigenvalue weighted by Gasteiger charge is -2.22. The second-order valence-corrected chi connectivity index (χ2v) is 7.40. The summed E-state index contributed by atoms with van der Waals surface area (Å²) < 4.78 is 29.8. The molecule has 1 atom stereocenters. The Bertz CT molecular complexity index is 507. The van der Waals surface area contributed by atoms with E-state index in [0.717, 1.165) is 30.7 Å². The normalized spacial score (nSPS) is 20.2. The van der Waals surface area contributed by atoms with Crippen molar-refractivity contribution in [1.29, 1.82) is 0 Å². The van der Waals surface area contributed by atoms with Crippen molar-refractivity contribution in [2.24, 2.45) is 0 Å². The van der Waals surface area contributed by atoms with Crippen LogP contribution in [-0.2, 0) is 9.84 Å². The van der Waals surface area contributed by atoms with Crippen LogP contribution in [0, 0.1) is 6.92 Å². The van der Waals surface area contributed by atoms with Crippen molar-refractivity contribution < 1.29 is 13.2 Å². The van der Waals surface area contributed by atoms with Crippen LogP contribution in [0.2, 0.25) is 0 Å². The maximum atomic E-state index is 12.1. The maximum absolute atomic E-state index is 12.1. The van der Waals surface area contributed by atoms with E-state index in [1.54, 1.807) is 0 Å². The molecule has 1 aliphatic heterocycles. The molecule has 0 aliphatic carbocycles. The van der Waals surface area contributed by atoms with Crippen LogP contribution >= 0.6 is 0 Å². The van der Waals surface area contributed by atoms with E-state index in [-0.39, 0.29) is 17.6 Å². The summed E-state index contributed by atoms with van der Waals surface area (Å²) in [6.07, 6.45) is 1.70. The predicted molar refractivity (Wildman–Crippen MR) is 76.4 cm³/mol. The van der Waals surface area contributed by atoms with Crippen molar-refractivity contribution in [2.75, 3.05) is 25.4 Å². The molecule has 1 saturated heterocycles. The largest absolute Gasteiger partial charge is 0.493 e. The summed E-state index contributed by atoms with van der Waals surface area (Å²) in [7, 11) is -3.05. The number of benzene rings is 1. The Balaban J connectivity index is 1.84. The zero-order valence-electron chi connectivity index (χ0n) is 11.3. The number of hydrogen-bond acceptors (Lipinski definition) is 4. The van der Waals surface area contributed by atoms with E-state index >= 15 is 0 Å². The van der Waals surface area contributed by atoms with Gasteiger partial charge in [-0.3, -0.25) is 0 Å². The highest BCUT2D eigenvalue weighted by molar-refractivity contribution is 7.92. The van der Waals surface area contributed by atoms with Crippen LogP contribution in [0.15, 0.2) is 24.3 Å². The van der Waals surface area contributed by atoms with Gasteiger partial charge in [-0.15, -0.1) is 0 Å². The Hall–Kier alpha value is -1.07. The van der Waals surface area contributed by atoms with Crippen LogP contribution in [0.25, 0.3) is 0 Å². The highest BCUT2D eigenvalue weighted by Gasteiger charge is 2.26. The molecule has 19 heavy (non-hydrogen) atoms. The van der Waals surface area contributed by atoms with Gasteiger partial charge in [0.25, 0.3) is 0 Å². The van der Waals surface area contributed by atoms with Crippen LogP contribution in [0.5, 0.6) is 5.75 Å². The van der Waals surface area contributed by atoms with Gasteiger partial charge in [-0.05, 0) is 44.0 Å². The lowest BCUT2D eigenvalue weighted by molar-refractivity contribution is 0.339. The van der Waals surface area contributed by atoms with Gasteiger partial charge in [0.15, 0.2) is 9.84 Å². The molecule has 0 aromatic heterocycles. The monoisotopic (exact) mass is 283 g/mol. The molecule has 106 valence electrons. The van der Waals surface area contributed by atoms with Gasteiger partial charge in [0, 0.05) is 6.54 Å². The van der Waals surface area contributed by atoms with E-state index in [9.17, 15) is 8.42 Å². The minimum absolute atomic E-state index is 0.0906. The molecule has 2 rings (SSSR count). The number of aryl methyl sites for hydroxylation is 1. The number of hydrogen-bond donors (Lipinski definition) is 1. The number of nitrogens with one attached hydrogen (secondary N) is 1. The maximum Gasteiger partial charge on any atom is 0.157 e. The van der Waals surface area contributed by atoms with Gasteiger partial charge in [-0.1, -0.05) is 12.1 Å². The quantitative estimate of drug-likeness (QED) is 0.890. The van der Waals surface area contributed by atoms with E-state index in [1.807, 2.05) is 31.2 Å². The van der Waals surface area contributed by atoms with E-state index < -0.39 is 9.84 Å². The number of rotatable bonds is 5. The molecule has 0 radical (unpaired) electrons. The van der Waals surface area contributed by atoms with Crippen LogP contribution in [-0.4, -0.2) is 39.1 Å². The lowest BCUT2D eigenvalue weighted by Crippen LogP contribution is -2.40. The fraction of sp³-hybridized carbons (Fsp3) is 0.571. The third-order valence-electron chi connectivity index (χ3n) is 3.39. The third-order valence-corrected chi connectivity index (χ3v) is 5.54. The number of ether oxygens (including phenoxy) is 1. The smallest absolute Gasteiger partial charge is 0.157 e. The van der Waals surface area contributed by atoms with Gasteiger partial charge < -0.3 is 10.1 Å². The minimum atomic E-state index is -3.05. The first-order valence-electron chi connectivity index (χ1n) is 6.70. The molecule has 5 heteroatoms. The summed E-state index contributed by atoms with van der Waals surface area (Å²) in [5.74, 6) is 0.824. The fourth-order valence-corrected chi connectivity index (χ4v) is 3.82. The first kappa shape index (κ1) is 14.3. The van der Waals surface area contributed by atoms with Crippen molar-refractivity contribution in [3.63, 3.8) is 0 Å². The van der Waals surface area contributed by atoms with Gasteiger partial charge >= 0.3 is 0 Å². The summed E-state index contributed by atoms with van der Waals surface area (Å²) in [6.45, 7) is 3.71. The Morgan fingerprint density at radius 3 is 2.95 bits per heavy atom. The van der Waals surface area contributed by atoms with Crippen LogP contribution in [0.1, 0.15) is 18.4 Å². The fourth-order valence-electron chi connectivity index (χ4n) is 2.27. The topological polar surface area (TPSA) is 55.4 Å². The van der Waals surface area contributed by atoms with E-state index in [1.165, 1.54) is 0 Å². The van der Waals surface area contributed by atoms with Crippen LogP contribution in [0.4, 0.5) is 0 Å². The Kier molecular flexibility index (Phi) is 4.82. The molecule has 1 fully saturated rings. The molecule has 1 heterocycles. The van der Waals surface area contributed by atoms with E-state index in [0.29, 0.717) is 6.54 Å².